The predicted octanol–water partition coefficient (Wildman–Crippen LogP) is 4.58. The van der Waals surface area contributed by atoms with E-state index in [1.54, 1.807) is 16.3 Å². The molecule has 0 aliphatic rings. The highest BCUT2D eigenvalue weighted by atomic mass is 32.1. The number of thiophene rings is 1. The maximum absolute atomic E-state index is 12.9. The van der Waals surface area contributed by atoms with E-state index >= 15 is 0 Å². The summed E-state index contributed by atoms with van der Waals surface area (Å²) in [4.78, 5) is 30.1. The number of esters is 1. The van der Waals surface area contributed by atoms with Gasteiger partial charge in [0.2, 0.25) is 0 Å². The van der Waals surface area contributed by atoms with E-state index in [1.165, 1.54) is 11.3 Å². The van der Waals surface area contributed by atoms with Crippen molar-refractivity contribution in [2.24, 2.45) is 0 Å². The average molecular weight is 415 g/mol. The van der Waals surface area contributed by atoms with Crippen LogP contribution in [0, 0.1) is 6.92 Å². The Labute approximate surface area is 174 Å². The van der Waals surface area contributed by atoms with Crippen LogP contribution in [0.25, 0.3) is 10.2 Å². The Morgan fingerprint density at radius 3 is 2.79 bits per heavy atom. The molecular formula is C22H26N2O4S. The molecule has 3 aromatic rings. The Morgan fingerprint density at radius 2 is 2.00 bits per heavy atom. The van der Waals surface area contributed by atoms with E-state index in [-0.39, 0.29) is 5.56 Å². The normalized spacial score (nSPS) is 11.0. The van der Waals surface area contributed by atoms with Crippen LogP contribution in [0.5, 0.6) is 5.75 Å². The number of carbonyl (C=O) groups excluding carboxylic acids is 1. The third kappa shape index (κ3) is 5.23. The molecule has 2 aromatic heterocycles. The van der Waals surface area contributed by atoms with Gasteiger partial charge in [0.25, 0.3) is 5.56 Å². The fourth-order valence-electron chi connectivity index (χ4n) is 2.95. The molecule has 0 bridgehead atoms. The summed E-state index contributed by atoms with van der Waals surface area (Å²) in [6, 6.07) is 7.90. The minimum Gasteiger partial charge on any atom is -0.493 e. The molecule has 6 nitrogen and oxygen atoms in total. The van der Waals surface area contributed by atoms with Crippen molar-refractivity contribution in [1.82, 2.24) is 9.55 Å². The van der Waals surface area contributed by atoms with Gasteiger partial charge >= 0.3 is 5.97 Å². The van der Waals surface area contributed by atoms with Crippen LogP contribution in [0.2, 0.25) is 0 Å². The second-order valence-corrected chi connectivity index (χ2v) is 7.74. The van der Waals surface area contributed by atoms with Crippen LogP contribution in [0.1, 0.15) is 48.5 Å². The van der Waals surface area contributed by atoms with Crippen molar-refractivity contribution < 1.29 is 14.3 Å². The second-order valence-electron chi connectivity index (χ2n) is 6.88. The lowest BCUT2D eigenvalue weighted by molar-refractivity contribution is 0.0502. The fraction of sp³-hybridized carbons (Fsp3) is 0.409. The first-order valence-corrected chi connectivity index (χ1v) is 10.8. The Hall–Kier alpha value is -2.67. The summed E-state index contributed by atoms with van der Waals surface area (Å²) in [7, 11) is 0. The van der Waals surface area contributed by atoms with Crippen LogP contribution in [-0.2, 0) is 11.3 Å². The molecule has 3 rings (SSSR count). The molecule has 1 aromatic carbocycles. The van der Waals surface area contributed by atoms with Crippen LogP contribution in [-0.4, -0.2) is 28.7 Å². The number of ether oxygens (including phenoxy) is 2. The fourth-order valence-corrected chi connectivity index (χ4v) is 3.82. The third-order valence-electron chi connectivity index (χ3n) is 4.66. The largest absolute Gasteiger partial charge is 0.493 e. The van der Waals surface area contributed by atoms with Crippen molar-refractivity contribution in [3.8, 4) is 5.75 Å². The maximum Gasteiger partial charge on any atom is 0.339 e. The maximum atomic E-state index is 12.9. The number of hydrogen-bond acceptors (Lipinski definition) is 6. The first-order valence-electron chi connectivity index (χ1n) is 9.94. The molecular weight excluding hydrogens is 388 g/mol. The Balaban J connectivity index is 1.60. The highest BCUT2D eigenvalue weighted by molar-refractivity contribution is 7.17. The summed E-state index contributed by atoms with van der Waals surface area (Å²) in [6.07, 6.45) is 4.89. The van der Waals surface area contributed by atoms with E-state index in [1.807, 2.05) is 38.1 Å². The standard InChI is InChI=1S/C22H26N2O4S/c1-3-4-12-28-22(26)17-14-29-20-19(17)21(25)24(15-23-20)11-7-8-13-27-18-10-6-5-9-16(18)2/h5-6,9-10,14-15H,3-4,7-8,11-13H2,1-2H3. The van der Waals surface area contributed by atoms with E-state index in [0.717, 1.165) is 37.0 Å². The smallest absolute Gasteiger partial charge is 0.339 e. The molecule has 0 saturated carbocycles. The van der Waals surface area contributed by atoms with Gasteiger partial charge in [-0.1, -0.05) is 31.5 Å². The van der Waals surface area contributed by atoms with Crippen molar-refractivity contribution in [3.63, 3.8) is 0 Å². The quantitative estimate of drug-likeness (QED) is 0.359. The van der Waals surface area contributed by atoms with Crippen LogP contribution < -0.4 is 10.3 Å². The minimum atomic E-state index is -0.451. The molecule has 0 unspecified atom stereocenters. The number of nitrogens with zero attached hydrogens (tertiary/aromatic N) is 2. The number of unbranched alkanes of at least 4 members (excludes halogenated alkanes) is 2. The number of benzene rings is 1. The number of fused-ring (bicyclic) bond motifs is 1. The SMILES string of the molecule is CCCCOC(=O)c1csc2ncn(CCCCOc3ccccc3C)c(=O)c12. The Morgan fingerprint density at radius 1 is 1.17 bits per heavy atom. The molecule has 0 amide bonds. The van der Waals surface area contributed by atoms with Crippen LogP contribution in [0.4, 0.5) is 0 Å². The van der Waals surface area contributed by atoms with Gasteiger partial charge in [0.15, 0.2) is 0 Å². The number of hydrogen-bond donors (Lipinski definition) is 0. The molecule has 7 heteroatoms. The molecule has 0 fully saturated rings. The zero-order valence-corrected chi connectivity index (χ0v) is 17.7. The minimum absolute atomic E-state index is 0.196. The van der Waals surface area contributed by atoms with Gasteiger partial charge in [-0.3, -0.25) is 9.36 Å². The van der Waals surface area contributed by atoms with E-state index in [2.05, 4.69) is 4.98 Å². The average Bonchev–Trinajstić information content (AvgIpc) is 3.16. The van der Waals surface area contributed by atoms with Crippen molar-refractivity contribution in [3.05, 3.63) is 57.5 Å². The van der Waals surface area contributed by atoms with Crippen molar-refractivity contribution in [2.75, 3.05) is 13.2 Å². The van der Waals surface area contributed by atoms with E-state index in [4.69, 9.17) is 9.47 Å². The Bertz CT molecular complexity index is 1030. The van der Waals surface area contributed by atoms with E-state index < -0.39 is 5.97 Å². The lowest BCUT2D eigenvalue weighted by Gasteiger charge is -2.09. The Kier molecular flexibility index (Phi) is 7.41. The van der Waals surface area contributed by atoms with Gasteiger partial charge in [-0.15, -0.1) is 11.3 Å². The van der Waals surface area contributed by atoms with Gasteiger partial charge in [-0.05, 0) is 37.8 Å². The molecule has 29 heavy (non-hydrogen) atoms. The van der Waals surface area contributed by atoms with E-state index in [9.17, 15) is 9.59 Å². The number of para-hydroxylation sites is 1. The van der Waals surface area contributed by atoms with Crippen LogP contribution in [0.3, 0.4) is 0 Å². The molecule has 2 heterocycles. The zero-order valence-electron chi connectivity index (χ0n) is 16.8. The highest BCUT2D eigenvalue weighted by Crippen LogP contribution is 2.22. The van der Waals surface area contributed by atoms with Crippen molar-refractivity contribution in [1.29, 1.82) is 0 Å². The van der Waals surface area contributed by atoms with Crippen molar-refractivity contribution in [2.45, 2.75) is 46.1 Å². The lowest BCUT2D eigenvalue weighted by atomic mass is 10.2. The van der Waals surface area contributed by atoms with Gasteiger partial charge < -0.3 is 9.47 Å². The summed E-state index contributed by atoms with van der Waals surface area (Å²) < 4.78 is 12.6. The summed E-state index contributed by atoms with van der Waals surface area (Å²) >= 11 is 1.29. The van der Waals surface area contributed by atoms with Crippen LogP contribution >= 0.6 is 11.3 Å². The number of carbonyl (C=O) groups is 1. The van der Waals surface area contributed by atoms with Gasteiger partial charge in [-0.2, -0.15) is 0 Å². The molecule has 0 atom stereocenters. The monoisotopic (exact) mass is 414 g/mol. The highest BCUT2D eigenvalue weighted by Gasteiger charge is 2.18. The first kappa shape index (κ1) is 21.0. The molecule has 0 N–H and O–H groups in total. The molecule has 0 aliphatic carbocycles. The molecule has 0 aliphatic heterocycles. The summed E-state index contributed by atoms with van der Waals surface area (Å²) in [5.74, 6) is 0.435. The molecule has 154 valence electrons. The third-order valence-corrected chi connectivity index (χ3v) is 5.54. The van der Waals surface area contributed by atoms with Crippen LogP contribution in [0.15, 0.2) is 40.8 Å². The zero-order chi connectivity index (χ0) is 20.6. The molecule has 0 saturated heterocycles. The van der Waals surface area contributed by atoms with Gasteiger partial charge in [0.1, 0.15) is 10.6 Å². The summed E-state index contributed by atoms with van der Waals surface area (Å²) in [5.41, 5.74) is 1.23. The van der Waals surface area contributed by atoms with Gasteiger partial charge in [0.05, 0.1) is 30.5 Å². The second kappa shape index (κ2) is 10.2. The molecule has 0 spiro atoms. The summed E-state index contributed by atoms with van der Waals surface area (Å²) in [6.45, 7) is 5.52. The number of rotatable bonds is 10. The lowest BCUT2D eigenvalue weighted by Crippen LogP contribution is -2.22. The van der Waals surface area contributed by atoms with Gasteiger partial charge in [-0.25, -0.2) is 9.78 Å². The molecule has 0 radical (unpaired) electrons. The van der Waals surface area contributed by atoms with Crippen molar-refractivity contribution >= 4 is 27.5 Å². The number of aryl methyl sites for hydroxylation is 2. The summed E-state index contributed by atoms with van der Waals surface area (Å²) in [5, 5.41) is 2.02. The van der Waals surface area contributed by atoms with E-state index in [0.29, 0.717) is 35.5 Å². The van der Waals surface area contributed by atoms with Gasteiger partial charge in [0, 0.05) is 11.9 Å². The topological polar surface area (TPSA) is 70.4 Å². The first-order chi connectivity index (χ1) is 14.1. The number of aromatic nitrogens is 2. The predicted molar refractivity (Wildman–Crippen MR) is 115 cm³/mol.